The number of hydrogen-bond acceptors (Lipinski definition) is 3. The van der Waals surface area contributed by atoms with Gasteiger partial charge in [-0.05, 0) is 37.8 Å². The summed E-state index contributed by atoms with van der Waals surface area (Å²) in [4.78, 5) is 4.50. The monoisotopic (exact) mass is 396 g/mol. The van der Waals surface area contributed by atoms with E-state index in [1.165, 1.54) is 12.1 Å². The predicted octanol–water partition coefficient (Wildman–Crippen LogP) is 3.57. The van der Waals surface area contributed by atoms with Gasteiger partial charge < -0.3 is 15.2 Å². The van der Waals surface area contributed by atoms with Crippen LogP contribution in [0.3, 0.4) is 0 Å². The second-order valence-electron chi connectivity index (χ2n) is 6.47. The molecule has 2 aromatic rings. The Balaban J connectivity index is 1.92. The molecule has 0 saturated heterocycles. The first-order valence-electron chi connectivity index (χ1n) is 9.41. The van der Waals surface area contributed by atoms with Gasteiger partial charge in [-0.1, -0.05) is 25.1 Å². The lowest BCUT2D eigenvalue weighted by Crippen LogP contribution is -2.38. The van der Waals surface area contributed by atoms with Crippen molar-refractivity contribution in [3.63, 3.8) is 0 Å². The van der Waals surface area contributed by atoms with Crippen LogP contribution in [-0.2, 0) is 19.3 Å². The summed E-state index contributed by atoms with van der Waals surface area (Å²) in [6.07, 6.45) is -1.98. The minimum absolute atomic E-state index is 0.0131. The SMILES string of the molecule is CCNC(=NCc1nncn1CC)NCCC(C)c1cccc(C(F)(F)F)c1. The molecule has 1 unspecified atom stereocenters. The van der Waals surface area contributed by atoms with Gasteiger partial charge >= 0.3 is 6.18 Å². The van der Waals surface area contributed by atoms with Crippen LogP contribution >= 0.6 is 0 Å². The van der Waals surface area contributed by atoms with E-state index >= 15 is 0 Å². The number of benzene rings is 1. The quantitative estimate of drug-likeness (QED) is 0.529. The first kappa shape index (κ1) is 21.7. The zero-order valence-corrected chi connectivity index (χ0v) is 16.4. The molecule has 9 heteroatoms. The van der Waals surface area contributed by atoms with Crippen molar-refractivity contribution in [1.82, 2.24) is 25.4 Å². The molecule has 2 N–H and O–H groups in total. The summed E-state index contributed by atoms with van der Waals surface area (Å²) in [7, 11) is 0. The summed E-state index contributed by atoms with van der Waals surface area (Å²) in [6, 6.07) is 5.51. The molecule has 6 nitrogen and oxygen atoms in total. The maximum Gasteiger partial charge on any atom is 0.416 e. The molecular weight excluding hydrogens is 369 g/mol. The van der Waals surface area contributed by atoms with Crippen LogP contribution in [0, 0.1) is 0 Å². The fourth-order valence-electron chi connectivity index (χ4n) is 2.75. The van der Waals surface area contributed by atoms with Gasteiger partial charge in [0.1, 0.15) is 12.9 Å². The summed E-state index contributed by atoms with van der Waals surface area (Å²) in [5.74, 6) is 1.40. The standard InChI is InChI=1S/C19H27F3N6/c1-4-23-18(25-12-17-27-26-13-28(17)5-2)24-10-9-14(3)15-7-6-8-16(11-15)19(20,21)22/h6-8,11,13-14H,4-5,9-10,12H2,1-3H3,(H2,23,24,25). The Kier molecular flexibility index (Phi) is 7.83. The first-order chi connectivity index (χ1) is 13.3. The number of aliphatic imine (C=N–C) groups is 1. The van der Waals surface area contributed by atoms with Crippen LogP contribution in [0.25, 0.3) is 0 Å². The van der Waals surface area contributed by atoms with E-state index in [0.29, 0.717) is 37.6 Å². The Bertz CT molecular complexity index is 769. The molecule has 0 bridgehead atoms. The Morgan fingerprint density at radius 3 is 2.71 bits per heavy atom. The second-order valence-corrected chi connectivity index (χ2v) is 6.47. The van der Waals surface area contributed by atoms with E-state index in [4.69, 9.17) is 0 Å². The number of nitrogens with zero attached hydrogens (tertiary/aromatic N) is 4. The van der Waals surface area contributed by atoms with Gasteiger partial charge in [0.15, 0.2) is 11.8 Å². The van der Waals surface area contributed by atoms with Crippen LogP contribution in [-0.4, -0.2) is 33.8 Å². The molecule has 1 aromatic carbocycles. The number of nitrogens with one attached hydrogen (secondary N) is 2. The molecule has 28 heavy (non-hydrogen) atoms. The molecule has 1 aromatic heterocycles. The molecule has 0 spiro atoms. The van der Waals surface area contributed by atoms with Crippen LogP contribution in [0.5, 0.6) is 0 Å². The summed E-state index contributed by atoms with van der Waals surface area (Å²) < 4.78 is 40.6. The minimum Gasteiger partial charge on any atom is -0.357 e. The maximum atomic E-state index is 12.9. The van der Waals surface area contributed by atoms with E-state index in [2.05, 4.69) is 25.8 Å². The highest BCUT2D eigenvalue weighted by atomic mass is 19.4. The summed E-state index contributed by atoms with van der Waals surface area (Å²) >= 11 is 0. The van der Waals surface area contributed by atoms with Gasteiger partial charge in [-0.25, -0.2) is 4.99 Å². The van der Waals surface area contributed by atoms with Crippen molar-refractivity contribution in [3.05, 3.63) is 47.5 Å². The molecule has 0 amide bonds. The van der Waals surface area contributed by atoms with E-state index in [-0.39, 0.29) is 5.92 Å². The highest BCUT2D eigenvalue weighted by molar-refractivity contribution is 5.79. The number of aryl methyl sites for hydroxylation is 1. The molecule has 1 atom stereocenters. The zero-order chi connectivity index (χ0) is 20.6. The number of guanidine groups is 1. The Morgan fingerprint density at radius 1 is 1.25 bits per heavy atom. The van der Waals surface area contributed by atoms with E-state index in [0.717, 1.165) is 18.4 Å². The fraction of sp³-hybridized carbons (Fsp3) is 0.526. The van der Waals surface area contributed by atoms with Crippen molar-refractivity contribution in [1.29, 1.82) is 0 Å². The van der Waals surface area contributed by atoms with Crippen molar-refractivity contribution in [2.75, 3.05) is 13.1 Å². The van der Waals surface area contributed by atoms with Crippen molar-refractivity contribution in [2.24, 2.45) is 4.99 Å². The lowest BCUT2D eigenvalue weighted by Gasteiger charge is -2.16. The first-order valence-corrected chi connectivity index (χ1v) is 9.41. The largest absolute Gasteiger partial charge is 0.416 e. The van der Waals surface area contributed by atoms with Crippen LogP contribution in [0.1, 0.15) is 50.1 Å². The van der Waals surface area contributed by atoms with Gasteiger partial charge in [-0.3, -0.25) is 0 Å². The molecule has 0 fully saturated rings. The van der Waals surface area contributed by atoms with E-state index in [1.807, 2.05) is 25.3 Å². The third-order valence-electron chi connectivity index (χ3n) is 4.41. The van der Waals surface area contributed by atoms with Crippen LogP contribution in [0.15, 0.2) is 35.6 Å². The number of rotatable bonds is 8. The van der Waals surface area contributed by atoms with Gasteiger partial charge in [0.2, 0.25) is 0 Å². The molecular formula is C19H27F3N6. The average molecular weight is 396 g/mol. The number of aromatic nitrogens is 3. The van der Waals surface area contributed by atoms with Gasteiger partial charge in [0.05, 0.1) is 5.56 Å². The van der Waals surface area contributed by atoms with Gasteiger partial charge in [0.25, 0.3) is 0 Å². The normalized spacial score (nSPS) is 13.4. The van der Waals surface area contributed by atoms with Crippen LogP contribution in [0.4, 0.5) is 13.2 Å². The number of alkyl halides is 3. The van der Waals surface area contributed by atoms with Gasteiger partial charge in [0, 0.05) is 19.6 Å². The van der Waals surface area contributed by atoms with Crippen molar-refractivity contribution < 1.29 is 13.2 Å². The molecule has 0 aliphatic heterocycles. The summed E-state index contributed by atoms with van der Waals surface area (Å²) in [5, 5.41) is 14.3. The third-order valence-corrected chi connectivity index (χ3v) is 4.41. The van der Waals surface area contributed by atoms with E-state index in [1.54, 1.807) is 12.4 Å². The third kappa shape index (κ3) is 6.24. The maximum absolute atomic E-state index is 12.9. The number of hydrogen-bond donors (Lipinski definition) is 2. The van der Waals surface area contributed by atoms with Gasteiger partial charge in [-0.2, -0.15) is 13.2 Å². The smallest absolute Gasteiger partial charge is 0.357 e. The second kappa shape index (κ2) is 10.1. The van der Waals surface area contributed by atoms with Crippen molar-refractivity contribution in [2.45, 2.75) is 52.4 Å². The molecule has 0 radical (unpaired) electrons. The molecule has 1 heterocycles. The fourth-order valence-corrected chi connectivity index (χ4v) is 2.75. The predicted molar refractivity (Wildman–Crippen MR) is 103 cm³/mol. The van der Waals surface area contributed by atoms with Gasteiger partial charge in [-0.15, -0.1) is 10.2 Å². The summed E-state index contributed by atoms with van der Waals surface area (Å²) in [6.45, 7) is 8.36. The Hall–Kier alpha value is -2.58. The highest BCUT2D eigenvalue weighted by Crippen LogP contribution is 2.31. The summed E-state index contributed by atoms with van der Waals surface area (Å²) in [5.41, 5.74) is 0.0642. The van der Waals surface area contributed by atoms with Crippen LogP contribution < -0.4 is 10.6 Å². The topological polar surface area (TPSA) is 67.1 Å². The Morgan fingerprint density at radius 2 is 2.04 bits per heavy atom. The molecule has 0 aliphatic carbocycles. The lowest BCUT2D eigenvalue weighted by atomic mass is 9.96. The molecule has 154 valence electrons. The van der Waals surface area contributed by atoms with Crippen molar-refractivity contribution in [3.8, 4) is 0 Å². The van der Waals surface area contributed by atoms with Crippen molar-refractivity contribution >= 4 is 5.96 Å². The molecule has 0 aliphatic rings. The van der Waals surface area contributed by atoms with E-state index in [9.17, 15) is 13.2 Å². The number of halogens is 3. The lowest BCUT2D eigenvalue weighted by molar-refractivity contribution is -0.137. The highest BCUT2D eigenvalue weighted by Gasteiger charge is 2.30. The average Bonchev–Trinajstić information content (AvgIpc) is 3.13. The zero-order valence-electron chi connectivity index (χ0n) is 16.4. The molecule has 0 saturated carbocycles. The Labute approximate surface area is 163 Å². The molecule has 2 rings (SSSR count). The van der Waals surface area contributed by atoms with E-state index < -0.39 is 11.7 Å². The van der Waals surface area contributed by atoms with Crippen LogP contribution in [0.2, 0.25) is 0 Å². The minimum atomic E-state index is -4.32.